The lowest BCUT2D eigenvalue weighted by Crippen LogP contribution is -2.04. The largest absolute Gasteiger partial charge is 0.494 e. The molecule has 114 valence electrons. The van der Waals surface area contributed by atoms with Crippen molar-refractivity contribution in [1.82, 2.24) is 5.32 Å². The average Bonchev–Trinajstić information content (AvgIpc) is 2.85. The minimum Gasteiger partial charge on any atom is -0.494 e. The molecule has 1 N–H and O–H groups in total. The summed E-state index contributed by atoms with van der Waals surface area (Å²) in [5.41, 5.74) is 1.14. The first-order valence-corrected chi connectivity index (χ1v) is 7.31. The molecule has 4 nitrogen and oxygen atoms in total. The van der Waals surface area contributed by atoms with Crippen molar-refractivity contribution in [3.05, 3.63) is 47.4 Å². The van der Waals surface area contributed by atoms with E-state index in [2.05, 4.69) is 12.2 Å². The van der Waals surface area contributed by atoms with Gasteiger partial charge >= 0.3 is 0 Å². The Morgan fingerprint density at radius 2 is 1.76 bits per heavy atom. The normalized spacial score (nSPS) is 10.6. The molecule has 0 spiro atoms. The van der Waals surface area contributed by atoms with E-state index in [9.17, 15) is 0 Å². The van der Waals surface area contributed by atoms with Gasteiger partial charge in [0, 0.05) is 0 Å². The second-order valence-electron chi connectivity index (χ2n) is 4.96. The molecular formula is C17H23NO3. The topological polar surface area (TPSA) is 43.6 Å². The van der Waals surface area contributed by atoms with Crippen molar-refractivity contribution in [1.29, 1.82) is 0 Å². The van der Waals surface area contributed by atoms with E-state index in [0.29, 0.717) is 6.61 Å². The van der Waals surface area contributed by atoms with Gasteiger partial charge in [-0.05, 0) is 56.3 Å². The van der Waals surface area contributed by atoms with Gasteiger partial charge in [-0.3, -0.25) is 0 Å². The Bertz CT molecular complexity index is 546. The first kappa shape index (κ1) is 15.4. The molecular weight excluding hydrogens is 266 g/mol. The van der Waals surface area contributed by atoms with E-state index in [1.165, 1.54) is 0 Å². The molecule has 4 heteroatoms. The highest BCUT2D eigenvalue weighted by Crippen LogP contribution is 2.20. The van der Waals surface area contributed by atoms with Crippen LogP contribution in [0.25, 0.3) is 0 Å². The third-order valence-corrected chi connectivity index (χ3v) is 3.09. The zero-order chi connectivity index (χ0) is 15.1. The molecule has 0 amide bonds. The quantitative estimate of drug-likeness (QED) is 0.805. The van der Waals surface area contributed by atoms with Gasteiger partial charge < -0.3 is 19.2 Å². The van der Waals surface area contributed by atoms with E-state index in [1.54, 1.807) is 0 Å². The van der Waals surface area contributed by atoms with E-state index in [1.807, 2.05) is 44.3 Å². The third-order valence-electron chi connectivity index (χ3n) is 3.09. The highest BCUT2D eigenvalue weighted by atomic mass is 16.5. The van der Waals surface area contributed by atoms with Gasteiger partial charge in [-0.15, -0.1) is 0 Å². The van der Waals surface area contributed by atoms with Crippen molar-refractivity contribution < 1.29 is 13.9 Å². The molecule has 0 radical (unpaired) electrons. The van der Waals surface area contributed by atoms with Crippen LogP contribution in [0.1, 0.15) is 30.4 Å². The van der Waals surface area contributed by atoms with Crippen LogP contribution in [0.3, 0.4) is 0 Å². The molecule has 1 heterocycles. The predicted octanol–water partition coefficient (Wildman–Crippen LogP) is 3.68. The highest BCUT2D eigenvalue weighted by Gasteiger charge is 2.07. The number of aryl methyl sites for hydroxylation is 1. The smallest absolute Gasteiger partial charge is 0.146 e. The maximum Gasteiger partial charge on any atom is 0.146 e. The van der Waals surface area contributed by atoms with Crippen LogP contribution in [0.5, 0.6) is 11.5 Å². The zero-order valence-electron chi connectivity index (χ0n) is 12.9. The van der Waals surface area contributed by atoms with E-state index < -0.39 is 0 Å². The van der Waals surface area contributed by atoms with Crippen molar-refractivity contribution in [2.24, 2.45) is 0 Å². The molecule has 0 unspecified atom stereocenters. The predicted molar refractivity (Wildman–Crippen MR) is 82.8 cm³/mol. The van der Waals surface area contributed by atoms with E-state index >= 15 is 0 Å². The molecule has 2 aromatic rings. The van der Waals surface area contributed by atoms with Crippen LogP contribution in [0.2, 0.25) is 0 Å². The summed E-state index contributed by atoms with van der Waals surface area (Å²) in [6, 6.07) is 9.69. The summed E-state index contributed by atoms with van der Waals surface area (Å²) in [6.07, 6.45) is 1.01. The van der Waals surface area contributed by atoms with Crippen LogP contribution in [0.4, 0.5) is 0 Å². The van der Waals surface area contributed by atoms with Crippen LogP contribution in [0, 0.1) is 6.92 Å². The standard InChI is InChI=1S/C17H23NO3/c1-4-9-19-14-5-7-15(8-6-14)20-12-16-10-13(2)17(21-16)11-18-3/h5-8,10,18H,4,9,11-12H2,1-3H3. The molecule has 0 aliphatic rings. The lowest BCUT2D eigenvalue weighted by atomic mass is 10.2. The number of hydrogen-bond acceptors (Lipinski definition) is 4. The average molecular weight is 289 g/mol. The van der Waals surface area contributed by atoms with Crippen LogP contribution < -0.4 is 14.8 Å². The lowest BCUT2D eigenvalue weighted by Gasteiger charge is -2.07. The van der Waals surface area contributed by atoms with Crippen molar-refractivity contribution >= 4 is 0 Å². The van der Waals surface area contributed by atoms with Gasteiger partial charge in [0.15, 0.2) is 0 Å². The molecule has 21 heavy (non-hydrogen) atoms. The fourth-order valence-electron chi connectivity index (χ4n) is 2.00. The molecule has 1 aromatic heterocycles. The van der Waals surface area contributed by atoms with Gasteiger partial charge in [-0.2, -0.15) is 0 Å². The minimum absolute atomic E-state index is 0.430. The Morgan fingerprint density at radius 3 is 2.38 bits per heavy atom. The molecule has 0 aliphatic heterocycles. The molecule has 0 bridgehead atoms. The van der Waals surface area contributed by atoms with Crippen LogP contribution in [-0.2, 0) is 13.2 Å². The van der Waals surface area contributed by atoms with E-state index in [0.717, 1.165) is 48.2 Å². The maximum absolute atomic E-state index is 5.74. The van der Waals surface area contributed by atoms with Gasteiger partial charge in [0.1, 0.15) is 29.6 Å². The summed E-state index contributed by atoms with van der Waals surface area (Å²) in [5.74, 6) is 3.47. The summed E-state index contributed by atoms with van der Waals surface area (Å²) in [4.78, 5) is 0. The molecule has 0 fully saturated rings. The van der Waals surface area contributed by atoms with Crippen LogP contribution in [0.15, 0.2) is 34.7 Å². The number of nitrogens with one attached hydrogen (secondary N) is 1. The molecule has 0 saturated carbocycles. The van der Waals surface area contributed by atoms with Gasteiger partial charge in [-0.25, -0.2) is 0 Å². The van der Waals surface area contributed by atoms with Crippen molar-refractivity contribution in [2.45, 2.75) is 33.4 Å². The lowest BCUT2D eigenvalue weighted by molar-refractivity contribution is 0.264. The molecule has 0 saturated heterocycles. The third kappa shape index (κ3) is 4.53. The first-order chi connectivity index (χ1) is 10.2. The summed E-state index contributed by atoms with van der Waals surface area (Å²) in [7, 11) is 1.90. The SMILES string of the molecule is CCCOc1ccc(OCc2cc(C)c(CNC)o2)cc1. The summed E-state index contributed by atoms with van der Waals surface area (Å²) >= 11 is 0. The van der Waals surface area contributed by atoms with Crippen molar-refractivity contribution in [3.63, 3.8) is 0 Å². The number of hydrogen-bond donors (Lipinski definition) is 1. The summed E-state index contributed by atoms with van der Waals surface area (Å²) < 4.78 is 17.0. The number of furan rings is 1. The Labute approximate surface area is 126 Å². The van der Waals surface area contributed by atoms with Crippen molar-refractivity contribution in [3.8, 4) is 11.5 Å². The maximum atomic E-state index is 5.74. The number of ether oxygens (including phenoxy) is 2. The Kier molecular flexibility index (Phi) is 5.69. The highest BCUT2D eigenvalue weighted by molar-refractivity contribution is 5.31. The van der Waals surface area contributed by atoms with Gasteiger partial charge in [-0.1, -0.05) is 6.92 Å². The molecule has 2 rings (SSSR count). The number of rotatable bonds is 8. The van der Waals surface area contributed by atoms with Crippen LogP contribution in [-0.4, -0.2) is 13.7 Å². The Balaban J connectivity index is 1.89. The second kappa shape index (κ2) is 7.74. The fraction of sp³-hybridized carbons (Fsp3) is 0.412. The van der Waals surface area contributed by atoms with Gasteiger partial charge in [0.05, 0.1) is 13.2 Å². The first-order valence-electron chi connectivity index (χ1n) is 7.31. The van der Waals surface area contributed by atoms with Crippen molar-refractivity contribution in [2.75, 3.05) is 13.7 Å². The van der Waals surface area contributed by atoms with Gasteiger partial charge in [0.2, 0.25) is 0 Å². The Morgan fingerprint density at radius 1 is 1.10 bits per heavy atom. The molecule has 0 atom stereocenters. The van der Waals surface area contributed by atoms with Gasteiger partial charge in [0.25, 0.3) is 0 Å². The zero-order valence-corrected chi connectivity index (χ0v) is 12.9. The number of benzene rings is 1. The Hall–Kier alpha value is -1.94. The fourth-order valence-corrected chi connectivity index (χ4v) is 2.00. The summed E-state index contributed by atoms with van der Waals surface area (Å²) in [6.45, 7) is 6.03. The minimum atomic E-state index is 0.430. The summed E-state index contributed by atoms with van der Waals surface area (Å²) in [5, 5.41) is 3.09. The van der Waals surface area contributed by atoms with Crippen LogP contribution >= 0.6 is 0 Å². The molecule has 1 aromatic carbocycles. The van der Waals surface area contributed by atoms with E-state index in [-0.39, 0.29) is 0 Å². The van der Waals surface area contributed by atoms with E-state index in [4.69, 9.17) is 13.9 Å². The monoisotopic (exact) mass is 289 g/mol. The molecule has 0 aliphatic carbocycles. The second-order valence-corrected chi connectivity index (χ2v) is 4.96.